The summed E-state index contributed by atoms with van der Waals surface area (Å²) in [5, 5.41) is 2.94. The quantitative estimate of drug-likeness (QED) is 0.841. The number of carbonyl (C=O) groups is 1. The second-order valence-electron chi connectivity index (χ2n) is 5.36. The third-order valence-electron chi connectivity index (χ3n) is 3.05. The highest BCUT2D eigenvalue weighted by Crippen LogP contribution is 2.27. The number of hydrogen-bond acceptors (Lipinski definition) is 2. The van der Waals surface area contributed by atoms with Crippen molar-refractivity contribution < 1.29 is 9.53 Å². The summed E-state index contributed by atoms with van der Waals surface area (Å²) in [6, 6.07) is 10.5. The molecule has 1 atom stereocenters. The number of carbonyl (C=O) groups excluding carboxylic acids is 1. The van der Waals surface area contributed by atoms with Crippen molar-refractivity contribution >= 4 is 5.91 Å². The molecule has 3 heteroatoms. The predicted molar refractivity (Wildman–Crippen MR) is 73.6 cm³/mol. The highest BCUT2D eigenvalue weighted by Gasteiger charge is 2.23. The van der Waals surface area contributed by atoms with Gasteiger partial charge in [-0.1, -0.05) is 44.2 Å². The molecular weight excluding hydrogens is 226 g/mol. The first kappa shape index (κ1) is 14.7. The molecule has 0 bridgehead atoms. The maximum atomic E-state index is 11.4. The smallest absolute Gasteiger partial charge is 0.246 e. The van der Waals surface area contributed by atoms with Crippen LogP contribution in [-0.4, -0.2) is 25.7 Å². The van der Waals surface area contributed by atoms with Gasteiger partial charge >= 0.3 is 0 Å². The zero-order chi connectivity index (χ0) is 13.6. The Kier molecular flexibility index (Phi) is 5.35. The van der Waals surface area contributed by atoms with Gasteiger partial charge in [-0.05, 0) is 24.3 Å². The lowest BCUT2D eigenvalue weighted by Crippen LogP contribution is -2.38. The standard InChI is InChI=1S/C15H23NO2/c1-12(16-14(17)11-18-4)10-15(2,3)13-8-6-5-7-9-13/h5-9,12H,10-11H2,1-4H3,(H,16,17). The molecule has 0 fully saturated rings. The number of amides is 1. The van der Waals surface area contributed by atoms with E-state index in [0.29, 0.717) is 0 Å². The topological polar surface area (TPSA) is 38.3 Å². The van der Waals surface area contributed by atoms with Gasteiger partial charge in [-0.3, -0.25) is 4.79 Å². The SMILES string of the molecule is COCC(=O)NC(C)CC(C)(C)c1ccccc1. The molecule has 1 amide bonds. The van der Waals surface area contributed by atoms with Crippen molar-refractivity contribution in [1.29, 1.82) is 0 Å². The van der Waals surface area contributed by atoms with E-state index in [1.165, 1.54) is 12.7 Å². The number of nitrogens with one attached hydrogen (secondary N) is 1. The molecule has 1 N–H and O–H groups in total. The summed E-state index contributed by atoms with van der Waals surface area (Å²) in [5.41, 5.74) is 1.33. The van der Waals surface area contributed by atoms with E-state index in [4.69, 9.17) is 4.74 Å². The molecule has 0 saturated carbocycles. The highest BCUT2D eigenvalue weighted by atomic mass is 16.5. The lowest BCUT2D eigenvalue weighted by molar-refractivity contribution is -0.125. The third-order valence-corrected chi connectivity index (χ3v) is 3.05. The van der Waals surface area contributed by atoms with Crippen LogP contribution in [-0.2, 0) is 14.9 Å². The van der Waals surface area contributed by atoms with Crippen molar-refractivity contribution in [3.63, 3.8) is 0 Å². The minimum atomic E-state index is -0.0612. The van der Waals surface area contributed by atoms with Crippen molar-refractivity contribution in [2.75, 3.05) is 13.7 Å². The van der Waals surface area contributed by atoms with Gasteiger partial charge < -0.3 is 10.1 Å². The molecule has 1 unspecified atom stereocenters. The average molecular weight is 249 g/mol. The maximum absolute atomic E-state index is 11.4. The Morgan fingerprint density at radius 3 is 2.50 bits per heavy atom. The van der Waals surface area contributed by atoms with Gasteiger partial charge in [0, 0.05) is 13.2 Å². The summed E-state index contributed by atoms with van der Waals surface area (Å²) in [7, 11) is 1.53. The maximum Gasteiger partial charge on any atom is 0.246 e. The van der Waals surface area contributed by atoms with Crippen LogP contribution in [0.3, 0.4) is 0 Å². The fraction of sp³-hybridized carbons (Fsp3) is 0.533. The summed E-state index contributed by atoms with van der Waals surface area (Å²) in [6.07, 6.45) is 0.895. The van der Waals surface area contributed by atoms with E-state index in [2.05, 4.69) is 31.3 Å². The molecule has 0 radical (unpaired) electrons. The third kappa shape index (κ3) is 4.49. The summed E-state index contributed by atoms with van der Waals surface area (Å²) < 4.78 is 4.81. The Labute approximate surface area is 110 Å². The van der Waals surface area contributed by atoms with Crippen LogP contribution in [0.2, 0.25) is 0 Å². The molecule has 1 aromatic carbocycles. The molecule has 0 aliphatic heterocycles. The Hall–Kier alpha value is -1.35. The highest BCUT2D eigenvalue weighted by molar-refractivity contribution is 5.77. The second-order valence-corrected chi connectivity index (χ2v) is 5.36. The van der Waals surface area contributed by atoms with Crippen LogP contribution in [0, 0.1) is 0 Å². The van der Waals surface area contributed by atoms with E-state index in [9.17, 15) is 4.79 Å². The van der Waals surface area contributed by atoms with Crippen molar-refractivity contribution in [1.82, 2.24) is 5.32 Å². The van der Waals surface area contributed by atoms with Crippen LogP contribution in [0.25, 0.3) is 0 Å². The Morgan fingerprint density at radius 2 is 1.94 bits per heavy atom. The van der Waals surface area contributed by atoms with E-state index < -0.39 is 0 Å². The first-order valence-electron chi connectivity index (χ1n) is 6.29. The average Bonchev–Trinajstić information content (AvgIpc) is 2.29. The predicted octanol–water partition coefficient (Wildman–Crippen LogP) is 2.51. The zero-order valence-corrected chi connectivity index (χ0v) is 11.7. The van der Waals surface area contributed by atoms with Gasteiger partial charge in [0.1, 0.15) is 6.61 Å². The van der Waals surface area contributed by atoms with E-state index in [1.54, 1.807) is 0 Å². The van der Waals surface area contributed by atoms with Gasteiger partial charge in [-0.2, -0.15) is 0 Å². The molecule has 0 aromatic heterocycles. The van der Waals surface area contributed by atoms with Gasteiger partial charge in [-0.15, -0.1) is 0 Å². The van der Waals surface area contributed by atoms with Crippen molar-refractivity contribution in [2.45, 2.75) is 38.6 Å². The largest absolute Gasteiger partial charge is 0.375 e. The van der Waals surface area contributed by atoms with E-state index in [1.807, 2.05) is 25.1 Å². The Morgan fingerprint density at radius 1 is 1.33 bits per heavy atom. The van der Waals surface area contributed by atoms with Crippen LogP contribution in [0.1, 0.15) is 32.8 Å². The summed E-state index contributed by atoms with van der Waals surface area (Å²) in [5.74, 6) is -0.0612. The Balaban J connectivity index is 2.58. The Bertz CT molecular complexity index is 373. The zero-order valence-electron chi connectivity index (χ0n) is 11.7. The van der Waals surface area contributed by atoms with Gasteiger partial charge in [0.05, 0.1) is 0 Å². The van der Waals surface area contributed by atoms with Crippen LogP contribution in [0.15, 0.2) is 30.3 Å². The monoisotopic (exact) mass is 249 g/mol. The van der Waals surface area contributed by atoms with Crippen LogP contribution < -0.4 is 5.32 Å². The first-order chi connectivity index (χ1) is 8.45. The number of benzene rings is 1. The first-order valence-corrected chi connectivity index (χ1v) is 6.29. The van der Waals surface area contributed by atoms with Crippen molar-refractivity contribution in [3.8, 4) is 0 Å². The van der Waals surface area contributed by atoms with Crippen molar-refractivity contribution in [3.05, 3.63) is 35.9 Å². The number of rotatable bonds is 6. The lowest BCUT2D eigenvalue weighted by atomic mass is 9.79. The van der Waals surface area contributed by atoms with Crippen LogP contribution >= 0.6 is 0 Å². The number of ether oxygens (including phenoxy) is 1. The fourth-order valence-corrected chi connectivity index (χ4v) is 2.27. The summed E-state index contributed by atoms with van der Waals surface area (Å²) in [6.45, 7) is 6.54. The normalized spacial score (nSPS) is 13.1. The van der Waals surface area contributed by atoms with E-state index in [0.717, 1.165) is 6.42 Å². The molecule has 18 heavy (non-hydrogen) atoms. The fourth-order valence-electron chi connectivity index (χ4n) is 2.27. The summed E-state index contributed by atoms with van der Waals surface area (Å²) >= 11 is 0. The molecule has 0 saturated heterocycles. The number of methoxy groups -OCH3 is 1. The van der Waals surface area contributed by atoms with Crippen LogP contribution in [0.4, 0.5) is 0 Å². The second kappa shape index (κ2) is 6.55. The minimum absolute atomic E-state index is 0.0427. The van der Waals surface area contributed by atoms with Gasteiger partial charge in [-0.25, -0.2) is 0 Å². The molecule has 100 valence electrons. The van der Waals surface area contributed by atoms with Gasteiger partial charge in [0.15, 0.2) is 0 Å². The molecule has 0 heterocycles. The summed E-state index contributed by atoms with van der Waals surface area (Å²) in [4.78, 5) is 11.4. The van der Waals surface area contributed by atoms with E-state index in [-0.39, 0.29) is 24.0 Å². The molecule has 0 aliphatic rings. The molecule has 0 spiro atoms. The number of hydrogen-bond donors (Lipinski definition) is 1. The minimum Gasteiger partial charge on any atom is -0.375 e. The van der Waals surface area contributed by atoms with Gasteiger partial charge in [0.2, 0.25) is 5.91 Å². The molecule has 1 rings (SSSR count). The molecule has 0 aliphatic carbocycles. The van der Waals surface area contributed by atoms with Gasteiger partial charge in [0.25, 0.3) is 0 Å². The van der Waals surface area contributed by atoms with Crippen molar-refractivity contribution in [2.24, 2.45) is 0 Å². The molecular formula is C15H23NO2. The molecule has 3 nitrogen and oxygen atoms in total. The molecule has 1 aromatic rings. The van der Waals surface area contributed by atoms with E-state index >= 15 is 0 Å². The van der Waals surface area contributed by atoms with Crippen LogP contribution in [0.5, 0.6) is 0 Å². The lowest BCUT2D eigenvalue weighted by Gasteiger charge is -2.29.